The molecule has 0 aliphatic carbocycles. The standard InChI is InChI=1S/C21H24N2O4/c1-15(24)27-14-16-10-12-17(13-11-16)19(25)22-23(21(2,3)4)20(26)18-8-6-5-7-9-18/h5-13H,14H2,1-4H3,(H,22,25). The summed E-state index contributed by atoms with van der Waals surface area (Å²) in [6.07, 6.45) is 0. The molecule has 2 amide bonds. The maximum absolute atomic E-state index is 12.8. The van der Waals surface area contributed by atoms with Crippen LogP contribution in [0.2, 0.25) is 0 Å². The Morgan fingerprint density at radius 3 is 2.04 bits per heavy atom. The average Bonchev–Trinajstić information content (AvgIpc) is 2.64. The van der Waals surface area contributed by atoms with Gasteiger partial charge in [0.05, 0.1) is 5.54 Å². The molecule has 0 atom stereocenters. The number of ether oxygens (including phenoxy) is 1. The molecule has 0 aliphatic rings. The largest absolute Gasteiger partial charge is 0.461 e. The van der Waals surface area contributed by atoms with Gasteiger partial charge in [-0.25, -0.2) is 5.01 Å². The van der Waals surface area contributed by atoms with Crippen LogP contribution in [0.25, 0.3) is 0 Å². The first-order valence-corrected chi connectivity index (χ1v) is 8.61. The summed E-state index contributed by atoms with van der Waals surface area (Å²) in [6, 6.07) is 15.5. The molecule has 2 aromatic rings. The highest BCUT2D eigenvalue weighted by Gasteiger charge is 2.29. The Balaban J connectivity index is 2.14. The number of nitrogens with zero attached hydrogens (tertiary/aromatic N) is 1. The molecule has 1 N–H and O–H groups in total. The number of hydrogen-bond donors (Lipinski definition) is 1. The van der Waals surface area contributed by atoms with Gasteiger partial charge in [-0.1, -0.05) is 30.3 Å². The summed E-state index contributed by atoms with van der Waals surface area (Å²) < 4.78 is 4.93. The van der Waals surface area contributed by atoms with Crippen molar-refractivity contribution in [2.45, 2.75) is 39.8 Å². The molecule has 2 rings (SSSR count). The number of nitrogens with one attached hydrogen (secondary N) is 1. The fourth-order valence-corrected chi connectivity index (χ4v) is 2.34. The van der Waals surface area contributed by atoms with Crippen molar-refractivity contribution in [2.75, 3.05) is 0 Å². The van der Waals surface area contributed by atoms with Gasteiger partial charge in [-0.05, 0) is 50.6 Å². The second-order valence-corrected chi connectivity index (χ2v) is 7.10. The van der Waals surface area contributed by atoms with Gasteiger partial charge in [0.1, 0.15) is 6.61 Å². The van der Waals surface area contributed by atoms with Crippen LogP contribution in [0.5, 0.6) is 0 Å². The molecule has 27 heavy (non-hydrogen) atoms. The van der Waals surface area contributed by atoms with Crippen molar-refractivity contribution in [1.29, 1.82) is 0 Å². The van der Waals surface area contributed by atoms with Crippen molar-refractivity contribution in [3.05, 3.63) is 71.3 Å². The van der Waals surface area contributed by atoms with Gasteiger partial charge in [-0.2, -0.15) is 0 Å². The van der Waals surface area contributed by atoms with Crippen LogP contribution in [0, 0.1) is 0 Å². The summed E-state index contributed by atoms with van der Waals surface area (Å²) in [5.41, 5.74) is 3.75. The molecule has 0 radical (unpaired) electrons. The fourth-order valence-electron chi connectivity index (χ4n) is 2.34. The minimum Gasteiger partial charge on any atom is -0.461 e. The van der Waals surface area contributed by atoms with E-state index in [2.05, 4.69) is 5.43 Å². The van der Waals surface area contributed by atoms with E-state index in [1.54, 1.807) is 48.5 Å². The average molecular weight is 368 g/mol. The Labute approximate surface area is 159 Å². The Hall–Kier alpha value is -3.15. The first-order valence-electron chi connectivity index (χ1n) is 8.61. The lowest BCUT2D eigenvalue weighted by Crippen LogP contribution is -2.55. The van der Waals surface area contributed by atoms with Crippen LogP contribution in [-0.4, -0.2) is 28.3 Å². The zero-order valence-corrected chi connectivity index (χ0v) is 16.0. The third kappa shape index (κ3) is 5.67. The smallest absolute Gasteiger partial charge is 0.302 e. The van der Waals surface area contributed by atoms with Crippen molar-refractivity contribution >= 4 is 17.8 Å². The molecule has 0 aromatic heterocycles. The van der Waals surface area contributed by atoms with E-state index < -0.39 is 11.4 Å². The van der Waals surface area contributed by atoms with Crippen LogP contribution in [0.1, 0.15) is 54.0 Å². The van der Waals surface area contributed by atoms with Gasteiger partial charge in [0.15, 0.2) is 0 Å². The molecule has 2 aromatic carbocycles. The molecule has 0 saturated heterocycles. The van der Waals surface area contributed by atoms with Crippen LogP contribution in [0.3, 0.4) is 0 Å². The summed E-state index contributed by atoms with van der Waals surface area (Å²) in [7, 11) is 0. The quantitative estimate of drug-likeness (QED) is 0.663. The van der Waals surface area contributed by atoms with E-state index in [0.717, 1.165) is 5.56 Å². The van der Waals surface area contributed by atoms with Gasteiger partial charge in [0.2, 0.25) is 0 Å². The summed E-state index contributed by atoms with van der Waals surface area (Å²) in [5, 5.41) is 1.33. The van der Waals surface area contributed by atoms with E-state index >= 15 is 0 Å². The van der Waals surface area contributed by atoms with E-state index in [1.165, 1.54) is 11.9 Å². The maximum atomic E-state index is 12.8. The van der Waals surface area contributed by atoms with Gasteiger partial charge < -0.3 is 4.74 Å². The number of benzene rings is 2. The molecule has 0 unspecified atom stereocenters. The zero-order valence-electron chi connectivity index (χ0n) is 16.0. The highest BCUT2D eigenvalue weighted by Crippen LogP contribution is 2.16. The van der Waals surface area contributed by atoms with Gasteiger partial charge in [-0.3, -0.25) is 19.8 Å². The number of rotatable bonds is 4. The van der Waals surface area contributed by atoms with Gasteiger partial charge in [0.25, 0.3) is 11.8 Å². The molecule has 0 fully saturated rings. The predicted octanol–water partition coefficient (Wildman–Crippen LogP) is 3.34. The Kier molecular flexibility index (Phi) is 6.34. The van der Waals surface area contributed by atoms with Crippen molar-refractivity contribution in [3.63, 3.8) is 0 Å². The lowest BCUT2D eigenvalue weighted by molar-refractivity contribution is -0.142. The number of carbonyl (C=O) groups excluding carboxylic acids is 3. The highest BCUT2D eigenvalue weighted by molar-refractivity contribution is 5.99. The lowest BCUT2D eigenvalue weighted by atomic mass is 10.1. The zero-order chi connectivity index (χ0) is 20.0. The third-order valence-electron chi connectivity index (χ3n) is 3.77. The van der Waals surface area contributed by atoms with E-state index in [-0.39, 0.29) is 18.5 Å². The first kappa shape index (κ1) is 20.2. The normalized spacial score (nSPS) is 10.8. The fraction of sp³-hybridized carbons (Fsp3) is 0.286. The van der Waals surface area contributed by atoms with Crippen molar-refractivity contribution in [3.8, 4) is 0 Å². The molecular weight excluding hydrogens is 344 g/mol. The van der Waals surface area contributed by atoms with Gasteiger partial charge in [-0.15, -0.1) is 0 Å². The van der Waals surface area contributed by atoms with Crippen LogP contribution in [-0.2, 0) is 16.1 Å². The Morgan fingerprint density at radius 2 is 1.52 bits per heavy atom. The van der Waals surface area contributed by atoms with Crippen molar-refractivity contribution < 1.29 is 19.1 Å². The molecular formula is C21H24N2O4. The second-order valence-electron chi connectivity index (χ2n) is 7.10. The van der Waals surface area contributed by atoms with Crippen molar-refractivity contribution in [1.82, 2.24) is 10.4 Å². The van der Waals surface area contributed by atoms with Crippen molar-refractivity contribution in [2.24, 2.45) is 0 Å². The number of carbonyl (C=O) groups is 3. The summed E-state index contributed by atoms with van der Waals surface area (Å²) in [6.45, 7) is 7.02. The SMILES string of the molecule is CC(=O)OCc1ccc(C(=O)NN(C(=O)c2ccccc2)C(C)(C)C)cc1. The Bertz CT molecular complexity index is 808. The molecule has 0 spiro atoms. The Morgan fingerprint density at radius 1 is 0.926 bits per heavy atom. The molecule has 6 heteroatoms. The summed E-state index contributed by atoms with van der Waals surface area (Å²) in [5.74, 6) is -1.05. The van der Waals surface area contributed by atoms with Crippen LogP contribution < -0.4 is 5.43 Å². The van der Waals surface area contributed by atoms with Crippen LogP contribution in [0.4, 0.5) is 0 Å². The van der Waals surface area contributed by atoms with Gasteiger partial charge in [0, 0.05) is 18.1 Å². The molecule has 0 bridgehead atoms. The molecule has 0 heterocycles. The third-order valence-corrected chi connectivity index (χ3v) is 3.77. The predicted molar refractivity (Wildman–Crippen MR) is 102 cm³/mol. The number of hydrogen-bond acceptors (Lipinski definition) is 4. The highest BCUT2D eigenvalue weighted by atomic mass is 16.5. The monoisotopic (exact) mass is 368 g/mol. The summed E-state index contributed by atoms with van der Waals surface area (Å²) in [4.78, 5) is 36.3. The van der Waals surface area contributed by atoms with E-state index in [1.807, 2.05) is 26.8 Å². The molecule has 142 valence electrons. The first-order chi connectivity index (χ1) is 12.7. The van der Waals surface area contributed by atoms with Crippen LogP contribution in [0.15, 0.2) is 54.6 Å². The molecule has 0 aliphatic heterocycles. The van der Waals surface area contributed by atoms with Crippen LogP contribution >= 0.6 is 0 Å². The van der Waals surface area contributed by atoms with E-state index in [9.17, 15) is 14.4 Å². The molecule has 0 saturated carbocycles. The topological polar surface area (TPSA) is 75.7 Å². The van der Waals surface area contributed by atoms with Gasteiger partial charge >= 0.3 is 5.97 Å². The summed E-state index contributed by atoms with van der Waals surface area (Å²) >= 11 is 0. The lowest BCUT2D eigenvalue weighted by Gasteiger charge is -2.35. The number of amides is 2. The van der Waals surface area contributed by atoms with E-state index in [4.69, 9.17) is 4.74 Å². The maximum Gasteiger partial charge on any atom is 0.302 e. The second kappa shape index (κ2) is 8.49. The van der Waals surface area contributed by atoms with E-state index in [0.29, 0.717) is 11.1 Å². The number of hydrazine groups is 1. The minimum absolute atomic E-state index is 0.151. The molecule has 6 nitrogen and oxygen atoms in total. The number of esters is 1. The minimum atomic E-state index is -0.613.